The van der Waals surface area contributed by atoms with Gasteiger partial charge < -0.3 is 20.2 Å². The largest absolute Gasteiger partial charge is 0.481 e. The first-order valence-corrected chi connectivity index (χ1v) is 7.03. The number of carboxylic acids is 1. The third kappa shape index (κ3) is 4.67. The molecule has 0 radical (unpaired) electrons. The van der Waals surface area contributed by atoms with Gasteiger partial charge in [0.1, 0.15) is 0 Å². The van der Waals surface area contributed by atoms with Crippen LogP contribution in [0.1, 0.15) is 20.8 Å². The highest BCUT2D eigenvalue weighted by Crippen LogP contribution is 2.23. The number of likely N-dealkylation sites (tertiary alicyclic amines) is 1. The molecule has 1 saturated heterocycles. The summed E-state index contributed by atoms with van der Waals surface area (Å²) in [5.74, 6) is -1.26. The van der Waals surface area contributed by atoms with Crippen LogP contribution in [0, 0.1) is 17.3 Å². The SMILES string of the molecule is C[C@@H]1CN(C(=O)NCC(C)(C)CN(C)C)C[C@H]1C(=O)O. The number of carbonyl (C=O) groups is 2. The Kier molecular flexibility index (Phi) is 5.39. The number of rotatable bonds is 5. The second-order valence-electron chi connectivity index (χ2n) is 6.89. The molecule has 2 atom stereocenters. The molecule has 0 unspecified atom stereocenters. The van der Waals surface area contributed by atoms with E-state index in [0.29, 0.717) is 19.6 Å². The van der Waals surface area contributed by atoms with Crippen LogP contribution in [-0.4, -0.2) is 67.2 Å². The average molecular weight is 285 g/mol. The van der Waals surface area contributed by atoms with E-state index in [4.69, 9.17) is 5.11 Å². The monoisotopic (exact) mass is 285 g/mol. The van der Waals surface area contributed by atoms with Crippen LogP contribution < -0.4 is 5.32 Å². The van der Waals surface area contributed by atoms with Crippen LogP contribution in [0.5, 0.6) is 0 Å². The van der Waals surface area contributed by atoms with E-state index < -0.39 is 11.9 Å². The van der Waals surface area contributed by atoms with Crippen LogP contribution >= 0.6 is 0 Å². The summed E-state index contributed by atoms with van der Waals surface area (Å²) in [4.78, 5) is 26.8. The van der Waals surface area contributed by atoms with Crippen LogP contribution in [0.15, 0.2) is 0 Å². The number of amides is 2. The molecule has 1 aliphatic heterocycles. The molecule has 20 heavy (non-hydrogen) atoms. The molecule has 1 fully saturated rings. The van der Waals surface area contributed by atoms with Crippen LogP contribution in [0.3, 0.4) is 0 Å². The fraction of sp³-hybridized carbons (Fsp3) is 0.857. The molecular weight excluding hydrogens is 258 g/mol. The Morgan fingerprint density at radius 1 is 1.35 bits per heavy atom. The fourth-order valence-corrected chi connectivity index (χ4v) is 2.79. The zero-order valence-corrected chi connectivity index (χ0v) is 13.1. The number of carbonyl (C=O) groups excluding carboxylic acids is 1. The van der Waals surface area contributed by atoms with Crippen LogP contribution in [0.4, 0.5) is 4.79 Å². The molecule has 1 rings (SSSR count). The maximum Gasteiger partial charge on any atom is 0.317 e. The minimum absolute atomic E-state index is 0.00744. The molecule has 1 aliphatic rings. The third-order valence-corrected chi connectivity index (χ3v) is 3.68. The van der Waals surface area contributed by atoms with Gasteiger partial charge in [-0.1, -0.05) is 20.8 Å². The number of nitrogens with one attached hydrogen (secondary N) is 1. The fourth-order valence-electron chi connectivity index (χ4n) is 2.79. The van der Waals surface area contributed by atoms with Crippen molar-refractivity contribution >= 4 is 12.0 Å². The summed E-state index contributed by atoms with van der Waals surface area (Å²) in [5.41, 5.74) is -0.0172. The molecule has 116 valence electrons. The van der Waals surface area contributed by atoms with Gasteiger partial charge in [-0.15, -0.1) is 0 Å². The summed E-state index contributed by atoms with van der Waals surface area (Å²) < 4.78 is 0. The van der Waals surface area contributed by atoms with E-state index in [9.17, 15) is 9.59 Å². The Bertz CT molecular complexity index is 369. The van der Waals surface area contributed by atoms with Crippen molar-refractivity contribution in [3.05, 3.63) is 0 Å². The molecule has 0 aromatic rings. The maximum absolute atomic E-state index is 12.1. The van der Waals surface area contributed by atoms with Gasteiger partial charge in [0.25, 0.3) is 0 Å². The van der Waals surface area contributed by atoms with Crippen LogP contribution in [0.25, 0.3) is 0 Å². The second-order valence-corrected chi connectivity index (χ2v) is 6.89. The van der Waals surface area contributed by atoms with Crippen molar-refractivity contribution in [3.8, 4) is 0 Å². The van der Waals surface area contributed by atoms with Crippen molar-refractivity contribution in [2.75, 3.05) is 40.3 Å². The topological polar surface area (TPSA) is 72.9 Å². The Morgan fingerprint density at radius 2 is 1.95 bits per heavy atom. The molecule has 2 amide bonds. The smallest absolute Gasteiger partial charge is 0.317 e. The average Bonchev–Trinajstić information content (AvgIpc) is 2.66. The number of aliphatic carboxylic acids is 1. The number of urea groups is 1. The van der Waals surface area contributed by atoms with E-state index in [1.165, 1.54) is 0 Å². The van der Waals surface area contributed by atoms with Crippen molar-refractivity contribution in [3.63, 3.8) is 0 Å². The summed E-state index contributed by atoms with van der Waals surface area (Å²) in [7, 11) is 4.01. The van der Waals surface area contributed by atoms with Gasteiger partial charge in [-0.25, -0.2) is 4.79 Å². The lowest BCUT2D eigenvalue weighted by Gasteiger charge is -2.29. The molecule has 0 aromatic carbocycles. The van der Waals surface area contributed by atoms with E-state index >= 15 is 0 Å². The zero-order valence-electron chi connectivity index (χ0n) is 13.1. The number of nitrogens with zero attached hydrogens (tertiary/aromatic N) is 2. The first kappa shape index (κ1) is 16.8. The molecule has 6 nitrogen and oxygen atoms in total. The van der Waals surface area contributed by atoms with Crippen LogP contribution in [-0.2, 0) is 4.79 Å². The Balaban J connectivity index is 2.47. The highest BCUT2D eigenvalue weighted by Gasteiger charge is 2.37. The summed E-state index contributed by atoms with van der Waals surface area (Å²) >= 11 is 0. The Hall–Kier alpha value is -1.30. The van der Waals surface area contributed by atoms with Crippen molar-refractivity contribution in [2.24, 2.45) is 17.3 Å². The Morgan fingerprint density at radius 3 is 2.40 bits per heavy atom. The maximum atomic E-state index is 12.1. The lowest BCUT2D eigenvalue weighted by atomic mass is 9.93. The van der Waals surface area contributed by atoms with Gasteiger partial charge in [0.15, 0.2) is 0 Å². The molecule has 0 spiro atoms. The van der Waals surface area contributed by atoms with Gasteiger partial charge in [0.2, 0.25) is 0 Å². The van der Waals surface area contributed by atoms with E-state index in [1.807, 2.05) is 21.0 Å². The van der Waals surface area contributed by atoms with Crippen molar-refractivity contribution in [1.29, 1.82) is 0 Å². The van der Waals surface area contributed by atoms with Crippen molar-refractivity contribution in [2.45, 2.75) is 20.8 Å². The highest BCUT2D eigenvalue weighted by atomic mass is 16.4. The number of hydrogen-bond donors (Lipinski definition) is 2. The minimum Gasteiger partial charge on any atom is -0.481 e. The lowest BCUT2D eigenvalue weighted by molar-refractivity contribution is -0.142. The normalized spacial score (nSPS) is 23.2. The summed E-state index contributed by atoms with van der Waals surface area (Å²) in [6, 6.07) is -0.160. The van der Waals surface area contributed by atoms with E-state index in [2.05, 4.69) is 24.1 Å². The predicted molar refractivity (Wildman–Crippen MR) is 77.6 cm³/mol. The predicted octanol–water partition coefficient (Wildman–Crippen LogP) is 0.936. The first-order valence-electron chi connectivity index (χ1n) is 7.03. The summed E-state index contributed by atoms with van der Waals surface area (Å²) in [6.07, 6.45) is 0. The standard InChI is InChI=1S/C14H27N3O3/c1-10-6-17(7-11(10)12(18)19)13(20)15-8-14(2,3)9-16(4)5/h10-11H,6-9H2,1-5H3,(H,15,20)(H,18,19)/t10-,11-/m1/s1. The number of hydrogen-bond acceptors (Lipinski definition) is 3. The quantitative estimate of drug-likeness (QED) is 0.788. The second kappa shape index (κ2) is 6.43. The van der Waals surface area contributed by atoms with E-state index in [0.717, 1.165) is 6.54 Å². The van der Waals surface area contributed by atoms with Gasteiger partial charge in [0, 0.05) is 26.2 Å². The van der Waals surface area contributed by atoms with E-state index in [1.54, 1.807) is 4.90 Å². The molecule has 0 aromatic heterocycles. The zero-order chi connectivity index (χ0) is 15.5. The van der Waals surface area contributed by atoms with Crippen LogP contribution in [0.2, 0.25) is 0 Å². The molecule has 0 bridgehead atoms. The van der Waals surface area contributed by atoms with Crippen molar-refractivity contribution in [1.82, 2.24) is 15.1 Å². The van der Waals surface area contributed by atoms with E-state index in [-0.39, 0.29) is 17.4 Å². The van der Waals surface area contributed by atoms with Crippen molar-refractivity contribution < 1.29 is 14.7 Å². The van der Waals surface area contributed by atoms with Gasteiger partial charge in [-0.05, 0) is 25.4 Å². The number of carboxylic acid groups (broad SMARTS) is 1. The molecular formula is C14H27N3O3. The van der Waals surface area contributed by atoms with Gasteiger partial charge in [-0.2, -0.15) is 0 Å². The molecule has 1 heterocycles. The molecule has 0 saturated carbocycles. The molecule has 0 aliphatic carbocycles. The minimum atomic E-state index is -0.819. The molecule has 2 N–H and O–H groups in total. The van der Waals surface area contributed by atoms with Gasteiger partial charge >= 0.3 is 12.0 Å². The van der Waals surface area contributed by atoms with Gasteiger partial charge in [-0.3, -0.25) is 4.79 Å². The summed E-state index contributed by atoms with van der Waals surface area (Å²) in [5, 5.41) is 12.0. The molecule has 6 heteroatoms. The highest BCUT2D eigenvalue weighted by molar-refractivity contribution is 5.77. The third-order valence-electron chi connectivity index (χ3n) is 3.68. The van der Waals surface area contributed by atoms with Gasteiger partial charge in [0.05, 0.1) is 5.92 Å². The Labute approximate surface area is 121 Å². The summed E-state index contributed by atoms with van der Waals surface area (Å²) in [6.45, 7) is 8.34. The first-order chi connectivity index (χ1) is 9.12. The lowest BCUT2D eigenvalue weighted by Crippen LogP contribution is -2.45.